The van der Waals surface area contributed by atoms with Gasteiger partial charge in [0.2, 0.25) is 5.89 Å². The molecule has 0 unspecified atom stereocenters. The molecule has 3 aromatic carbocycles. The van der Waals surface area contributed by atoms with Gasteiger partial charge in [-0.15, -0.1) is 0 Å². The second-order valence-electron chi connectivity index (χ2n) is 7.08. The van der Waals surface area contributed by atoms with Gasteiger partial charge in [0, 0.05) is 18.7 Å². The summed E-state index contributed by atoms with van der Waals surface area (Å²) in [6.07, 6.45) is 1.41. The van der Waals surface area contributed by atoms with Crippen LogP contribution in [0.1, 0.15) is 20.7 Å². The molecule has 2 amide bonds. The van der Waals surface area contributed by atoms with Crippen LogP contribution in [0.15, 0.2) is 83.4 Å². The lowest BCUT2D eigenvalue weighted by molar-refractivity contribution is 0.0926. The number of phenols is 1. The van der Waals surface area contributed by atoms with Gasteiger partial charge in [0.05, 0.1) is 22.9 Å². The molecule has 0 fully saturated rings. The Morgan fingerprint density at radius 1 is 0.818 bits per heavy atom. The topological polar surface area (TPSA) is 104 Å². The maximum Gasteiger partial charge on any atom is 0.255 e. The van der Waals surface area contributed by atoms with E-state index in [0.29, 0.717) is 11.1 Å². The maximum absolute atomic E-state index is 14.1. The molecule has 0 spiro atoms. The number of aromatic nitrogens is 1. The molecule has 1 heterocycles. The fourth-order valence-corrected chi connectivity index (χ4v) is 3.26. The van der Waals surface area contributed by atoms with E-state index in [1.165, 1.54) is 24.4 Å². The molecule has 0 aliphatic heterocycles. The van der Waals surface area contributed by atoms with Crippen LogP contribution in [-0.2, 0) is 0 Å². The van der Waals surface area contributed by atoms with E-state index >= 15 is 0 Å². The summed E-state index contributed by atoms with van der Waals surface area (Å²) in [5.41, 5.74) is 1.21. The van der Waals surface area contributed by atoms with E-state index < -0.39 is 11.7 Å². The monoisotopic (exact) mass is 445 g/mol. The van der Waals surface area contributed by atoms with Gasteiger partial charge in [0.15, 0.2) is 5.76 Å². The van der Waals surface area contributed by atoms with E-state index in [9.17, 15) is 19.1 Å². The highest BCUT2D eigenvalue weighted by Gasteiger charge is 2.18. The van der Waals surface area contributed by atoms with E-state index in [4.69, 9.17) is 4.42 Å². The number of hydrogen-bond acceptors (Lipinski definition) is 5. The van der Waals surface area contributed by atoms with Gasteiger partial charge in [-0.3, -0.25) is 9.59 Å². The molecule has 0 aliphatic carbocycles. The zero-order chi connectivity index (χ0) is 23.2. The summed E-state index contributed by atoms with van der Waals surface area (Å²) in [4.78, 5) is 29.1. The molecule has 4 aromatic rings. The molecule has 33 heavy (non-hydrogen) atoms. The van der Waals surface area contributed by atoms with Crippen LogP contribution < -0.4 is 10.6 Å². The highest BCUT2D eigenvalue weighted by Crippen LogP contribution is 2.29. The number of halogens is 1. The van der Waals surface area contributed by atoms with Crippen LogP contribution in [0.5, 0.6) is 5.75 Å². The lowest BCUT2D eigenvalue weighted by Gasteiger charge is -2.10. The third-order valence-electron chi connectivity index (χ3n) is 4.89. The Labute approximate surface area is 188 Å². The van der Waals surface area contributed by atoms with E-state index in [2.05, 4.69) is 15.6 Å². The SMILES string of the molecule is O=C(NCCNC(=O)c1ccccc1-c1ncc(-c2ccccc2F)o1)c1ccccc1O. The normalized spacial score (nSPS) is 10.6. The molecule has 4 rings (SSSR count). The molecule has 0 atom stereocenters. The molecule has 0 saturated heterocycles. The lowest BCUT2D eigenvalue weighted by Crippen LogP contribution is -2.34. The van der Waals surface area contributed by atoms with Crippen molar-refractivity contribution in [2.75, 3.05) is 13.1 Å². The van der Waals surface area contributed by atoms with Gasteiger partial charge >= 0.3 is 0 Å². The molecule has 166 valence electrons. The third-order valence-corrected chi connectivity index (χ3v) is 4.89. The average Bonchev–Trinajstić information content (AvgIpc) is 3.32. The highest BCUT2D eigenvalue weighted by atomic mass is 19.1. The number of nitrogens with one attached hydrogen (secondary N) is 2. The number of phenolic OH excluding ortho intramolecular Hbond substituents is 1. The van der Waals surface area contributed by atoms with Crippen molar-refractivity contribution < 1.29 is 23.5 Å². The van der Waals surface area contributed by atoms with Gasteiger partial charge in [0.25, 0.3) is 11.8 Å². The van der Waals surface area contributed by atoms with Crippen molar-refractivity contribution in [1.29, 1.82) is 0 Å². The number of carbonyl (C=O) groups excluding carboxylic acids is 2. The largest absolute Gasteiger partial charge is 0.507 e. The van der Waals surface area contributed by atoms with Crippen molar-refractivity contribution in [3.63, 3.8) is 0 Å². The summed E-state index contributed by atoms with van der Waals surface area (Å²) in [6.45, 7) is 0.329. The van der Waals surface area contributed by atoms with Crippen molar-refractivity contribution in [1.82, 2.24) is 15.6 Å². The molecule has 7 nitrogen and oxygen atoms in total. The predicted octanol–water partition coefficient (Wildman–Crippen LogP) is 4.01. The van der Waals surface area contributed by atoms with Crippen LogP contribution in [0, 0.1) is 5.82 Å². The minimum atomic E-state index is -0.441. The predicted molar refractivity (Wildman–Crippen MR) is 120 cm³/mol. The van der Waals surface area contributed by atoms with Gasteiger partial charge in [-0.25, -0.2) is 9.37 Å². The van der Waals surface area contributed by atoms with Crippen LogP contribution in [0.2, 0.25) is 0 Å². The fourth-order valence-electron chi connectivity index (χ4n) is 3.26. The van der Waals surface area contributed by atoms with E-state index in [0.717, 1.165) is 0 Å². The molecule has 0 saturated carbocycles. The highest BCUT2D eigenvalue weighted by molar-refractivity contribution is 6.00. The number of aromatic hydroxyl groups is 1. The van der Waals surface area contributed by atoms with Crippen LogP contribution >= 0.6 is 0 Å². The first kappa shape index (κ1) is 21.8. The Morgan fingerprint density at radius 2 is 1.39 bits per heavy atom. The first-order valence-electron chi connectivity index (χ1n) is 10.2. The first-order chi connectivity index (χ1) is 16.0. The van der Waals surface area contributed by atoms with Crippen molar-refractivity contribution >= 4 is 11.8 Å². The summed E-state index contributed by atoms with van der Waals surface area (Å²) >= 11 is 0. The van der Waals surface area contributed by atoms with Gasteiger partial charge < -0.3 is 20.2 Å². The average molecular weight is 445 g/mol. The number of amides is 2. The Bertz CT molecular complexity index is 1300. The number of rotatable bonds is 7. The van der Waals surface area contributed by atoms with E-state index in [-0.39, 0.29) is 47.5 Å². The summed E-state index contributed by atoms with van der Waals surface area (Å²) in [5.74, 6) is -0.931. The third kappa shape index (κ3) is 4.90. The smallest absolute Gasteiger partial charge is 0.255 e. The number of carbonyl (C=O) groups is 2. The van der Waals surface area contributed by atoms with Gasteiger partial charge in [-0.2, -0.15) is 0 Å². The van der Waals surface area contributed by atoms with E-state index in [1.54, 1.807) is 54.6 Å². The van der Waals surface area contributed by atoms with Crippen LogP contribution in [0.3, 0.4) is 0 Å². The molecular formula is C25H20FN3O4. The quantitative estimate of drug-likeness (QED) is 0.373. The van der Waals surface area contributed by atoms with Crippen molar-refractivity contribution in [3.05, 3.63) is 95.9 Å². The minimum Gasteiger partial charge on any atom is -0.507 e. The minimum absolute atomic E-state index is 0.117. The van der Waals surface area contributed by atoms with Gasteiger partial charge in [0.1, 0.15) is 11.6 Å². The Kier molecular flexibility index (Phi) is 6.45. The van der Waals surface area contributed by atoms with Crippen molar-refractivity contribution in [2.24, 2.45) is 0 Å². The number of para-hydroxylation sites is 1. The van der Waals surface area contributed by atoms with E-state index in [1.807, 2.05) is 0 Å². The van der Waals surface area contributed by atoms with Crippen molar-refractivity contribution in [3.8, 4) is 28.5 Å². The maximum atomic E-state index is 14.1. The summed E-state index contributed by atoms with van der Waals surface area (Å²) in [6, 6.07) is 19.2. The summed E-state index contributed by atoms with van der Waals surface area (Å²) in [5, 5.41) is 15.1. The number of benzene rings is 3. The Balaban J connectivity index is 1.41. The second-order valence-corrected chi connectivity index (χ2v) is 7.08. The van der Waals surface area contributed by atoms with Crippen LogP contribution in [0.25, 0.3) is 22.8 Å². The number of nitrogens with zero attached hydrogens (tertiary/aromatic N) is 1. The molecule has 3 N–H and O–H groups in total. The first-order valence-corrected chi connectivity index (χ1v) is 10.2. The molecule has 0 bridgehead atoms. The molecule has 1 aromatic heterocycles. The summed E-state index contributed by atoms with van der Waals surface area (Å²) < 4.78 is 19.8. The number of hydrogen-bond donors (Lipinski definition) is 3. The molecule has 8 heteroatoms. The van der Waals surface area contributed by atoms with Gasteiger partial charge in [-0.05, 0) is 36.4 Å². The standard InChI is InChI=1S/C25H20FN3O4/c26-20-11-5-3-9-18(20)22-15-29-25(33-22)17-8-2-1-7-16(17)23(31)27-13-14-28-24(32)19-10-4-6-12-21(19)30/h1-12,15,30H,13-14H2,(H,27,31)(H,28,32). The Morgan fingerprint density at radius 3 is 2.09 bits per heavy atom. The Hall–Kier alpha value is -4.46. The van der Waals surface area contributed by atoms with Crippen molar-refractivity contribution in [2.45, 2.75) is 0 Å². The zero-order valence-electron chi connectivity index (χ0n) is 17.4. The molecule has 0 radical (unpaired) electrons. The molecular weight excluding hydrogens is 425 g/mol. The van der Waals surface area contributed by atoms with Gasteiger partial charge in [-0.1, -0.05) is 36.4 Å². The van der Waals surface area contributed by atoms with Crippen LogP contribution in [-0.4, -0.2) is 35.0 Å². The fraction of sp³-hybridized carbons (Fsp3) is 0.0800. The summed E-state index contributed by atoms with van der Waals surface area (Å²) in [7, 11) is 0. The molecule has 0 aliphatic rings. The second kappa shape index (κ2) is 9.78. The van der Waals surface area contributed by atoms with Crippen LogP contribution in [0.4, 0.5) is 4.39 Å². The zero-order valence-corrected chi connectivity index (χ0v) is 17.4. The number of oxazole rings is 1. The lowest BCUT2D eigenvalue weighted by atomic mass is 10.1.